The lowest BCUT2D eigenvalue weighted by Crippen LogP contribution is -2.35. The average molecular weight is 251 g/mol. The zero-order chi connectivity index (χ0) is 13.8. The van der Waals surface area contributed by atoms with Crippen molar-refractivity contribution in [1.82, 2.24) is 0 Å². The van der Waals surface area contributed by atoms with Crippen LogP contribution < -0.4 is 0 Å². The Hall–Kier alpha value is -1.91. The summed E-state index contributed by atoms with van der Waals surface area (Å²) in [5.41, 5.74) is -0.334. The summed E-state index contributed by atoms with van der Waals surface area (Å²) in [6.07, 6.45) is 1.74. The molecule has 0 spiro atoms. The van der Waals surface area contributed by atoms with E-state index in [-0.39, 0.29) is 5.69 Å². The van der Waals surface area contributed by atoms with Crippen molar-refractivity contribution in [3.05, 3.63) is 39.9 Å². The van der Waals surface area contributed by atoms with Gasteiger partial charge in [-0.1, -0.05) is 32.4 Å². The summed E-state index contributed by atoms with van der Waals surface area (Å²) in [6, 6.07) is 5.81. The third-order valence-electron chi connectivity index (χ3n) is 3.32. The lowest BCUT2D eigenvalue weighted by molar-refractivity contribution is -0.384. The van der Waals surface area contributed by atoms with Crippen LogP contribution in [0.5, 0.6) is 0 Å². The van der Waals surface area contributed by atoms with Crippen LogP contribution in [0.3, 0.4) is 0 Å². The molecule has 1 atom stereocenters. The van der Waals surface area contributed by atoms with Crippen LogP contribution in [0.25, 0.3) is 0 Å². The molecule has 98 valence electrons. The fraction of sp³-hybridized carbons (Fsp3) is 0.462. The Balaban J connectivity index is 3.21. The molecule has 0 saturated heterocycles. The van der Waals surface area contributed by atoms with Gasteiger partial charge in [0.15, 0.2) is 0 Å². The topological polar surface area (TPSA) is 80.4 Å². The SMILES string of the molecule is CCCC(CC)(C(=O)O)c1ccc([N+](=O)[O-])cc1. The zero-order valence-corrected chi connectivity index (χ0v) is 10.5. The highest BCUT2D eigenvalue weighted by Crippen LogP contribution is 2.34. The third kappa shape index (κ3) is 2.50. The number of hydrogen-bond acceptors (Lipinski definition) is 3. The minimum Gasteiger partial charge on any atom is -0.481 e. The van der Waals surface area contributed by atoms with Gasteiger partial charge in [-0.2, -0.15) is 0 Å². The number of hydrogen-bond donors (Lipinski definition) is 1. The second kappa shape index (κ2) is 5.62. The van der Waals surface area contributed by atoms with Gasteiger partial charge in [-0.25, -0.2) is 0 Å². The molecule has 0 aliphatic heterocycles. The van der Waals surface area contributed by atoms with E-state index in [0.29, 0.717) is 18.4 Å². The number of nitro benzene ring substituents is 1. The molecule has 1 aromatic rings. The number of carboxylic acids is 1. The van der Waals surface area contributed by atoms with Crippen molar-refractivity contribution in [3.63, 3.8) is 0 Å². The average Bonchev–Trinajstić information content (AvgIpc) is 2.35. The molecule has 0 amide bonds. The Labute approximate surface area is 106 Å². The first-order valence-electron chi connectivity index (χ1n) is 5.96. The smallest absolute Gasteiger partial charge is 0.314 e. The fourth-order valence-corrected chi connectivity index (χ4v) is 2.24. The van der Waals surface area contributed by atoms with E-state index in [2.05, 4.69) is 0 Å². The van der Waals surface area contributed by atoms with E-state index in [1.807, 2.05) is 13.8 Å². The summed E-state index contributed by atoms with van der Waals surface area (Å²) in [5, 5.41) is 20.0. The van der Waals surface area contributed by atoms with E-state index in [1.165, 1.54) is 12.1 Å². The first-order valence-corrected chi connectivity index (χ1v) is 5.96. The number of aliphatic carboxylic acids is 1. The normalized spacial score (nSPS) is 13.9. The molecule has 1 aromatic carbocycles. The summed E-state index contributed by atoms with van der Waals surface area (Å²) < 4.78 is 0. The Morgan fingerprint density at radius 3 is 2.22 bits per heavy atom. The second-order valence-electron chi connectivity index (χ2n) is 4.29. The number of nitro groups is 1. The summed E-state index contributed by atoms with van der Waals surface area (Å²) in [7, 11) is 0. The van der Waals surface area contributed by atoms with Crippen molar-refractivity contribution in [1.29, 1.82) is 0 Å². The van der Waals surface area contributed by atoms with E-state index in [0.717, 1.165) is 6.42 Å². The van der Waals surface area contributed by atoms with Gasteiger partial charge < -0.3 is 5.11 Å². The van der Waals surface area contributed by atoms with Gasteiger partial charge in [-0.15, -0.1) is 0 Å². The Kier molecular flexibility index (Phi) is 4.42. The van der Waals surface area contributed by atoms with Gasteiger partial charge in [0, 0.05) is 12.1 Å². The molecule has 0 fully saturated rings. The van der Waals surface area contributed by atoms with Crippen LogP contribution in [0.4, 0.5) is 5.69 Å². The quantitative estimate of drug-likeness (QED) is 0.622. The Morgan fingerprint density at radius 2 is 1.89 bits per heavy atom. The molecule has 1 N–H and O–H groups in total. The van der Waals surface area contributed by atoms with Crippen molar-refractivity contribution in [2.45, 2.75) is 38.5 Å². The molecular weight excluding hydrogens is 234 g/mol. The standard InChI is InChI=1S/C13H17NO4/c1-3-9-13(4-2,12(15)16)10-5-7-11(8-6-10)14(17)18/h5-8H,3-4,9H2,1-2H3,(H,15,16). The van der Waals surface area contributed by atoms with E-state index in [9.17, 15) is 20.0 Å². The highest BCUT2D eigenvalue weighted by Gasteiger charge is 2.37. The first kappa shape index (κ1) is 14.2. The molecule has 5 nitrogen and oxygen atoms in total. The molecule has 0 aromatic heterocycles. The highest BCUT2D eigenvalue weighted by atomic mass is 16.6. The maximum Gasteiger partial charge on any atom is 0.314 e. The van der Waals surface area contributed by atoms with Gasteiger partial charge in [-0.3, -0.25) is 14.9 Å². The van der Waals surface area contributed by atoms with Crippen molar-refractivity contribution < 1.29 is 14.8 Å². The molecule has 1 rings (SSSR count). The Bertz CT molecular complexity index is 441. The predicted molar refractivity (Wildman–Crippen MR) is 67.6 cm³/mol. The predicted octanol–water partition coefficient (Wildman–Crippen LogP) is 3.13. The lowest BCUT2D eigenvalue weighted by Gasteiger charge is -2.28. The largest absolute Gasteiger partial charge is 0.481 e. The van der Waals surface area contributed by atoms with Gasteiger partial charge in [0.2, 0.25) is 0 Å². The summed E-state index contributed by atoms with van der Waals surface area (Å²) in [4.78, 5) is 21.6. The van der Waals surface area contributed by atoms with Crippen LogP contribution in [0.1, 0.15) is 38.7 Å². The van der Waals surface area contributed by atoms with Crippen LogP contribution in [-0.4, -0.2) is 16.0 Å². The van der Waals surface area contributed by atoms with Gasteiger partial charge in [0.05, 0.1) is 10.3 Å². The van der Waals surface area contributed by atoms with Crippen molar-refractivity contribution >= 4 is 11.7 Å². The molecule has 0 heterocycles. The van der Waals surface area contributed by atoms with Crippen LogP contribution in [0, 0.1) is 10.1 Å². The number of benzene rings is 1. The van der Waals surface area contributed by atoms with E-state index in [1.54, 1.807) is 12.1 Å². The van der Waals surface area contributed by atoms with Crippen LogP contribution >= 0.6 is 0 Å². The second-order valence-corrected chi connectivity index (χ2v) is 4.29. The van der Waals surface area contributed by atoms with Crippen molar-refractivity contribution in [3.8, 4) is 0 Å². The summed E-state index contributed by atoms with van der Waals surface area (Å²) >= 11 is 0. The van der Waals surface area contributed by atoms with Gasteiger partial charge >= 0.3 is 5.97 Å². The van der Waals surface area contributed by atoms with Crippen LogP contribution in [0.15, 0.2) is 24.3 Å². The minimum absolute atomic E-state index is 0.0226. The van der Waals surface area contributed by atoms with Crippen LogP contribution in [-0.2, 0) is 10.2 Å². The monoisotopic (exact) mass is 251 g/mol. The van der Waals surface area contributed by atoms with E-state index >= 15 is 0 Å². The maximum atomic E-state index is 11.5. The van der Waals surface area contributed by atoms with Gasteiger partial charge in [0.1, 0.15) is 0 Å². The van der Waals surface area contributed by atoms with E-state index in [4.69, 9.17) is 0 Å². The minimum atomic E-state index is -0.941. The number of carboxylic acid groups (broad SMARTS) is 1. The molecular formula is C13H17NO4. The van der Waals surface area contributed by atoms with Gasteiger partial charge in [0.25, 0.3) is 5.69 Å². The maximum absolute atomic E-state index is 11.5. The van der Waals surface area contributed by atoms with E-state index < -0.39 is 16.3 Å². The molecule has 0 bridgehead atoms. The third-order valence-corrected chi connectivity index (χ3v) is 3.32. The fourth-order valence-electron chi connectivity index (χ4n) is 2.24. The number of rotatable bonds is 6. The molecule has 18 heavy (non-hydrogen) atoms. The Morgan fingerprint density at radius 1 is 1.33 bits per heavy atom. The molecule has 0 aliphatic rings. The number of carbonyl (C=O) groups is 1. The first-order chi connectivity index (χ1) is 8.47. The highest BCUT2D eigenvalue weighted by molar-refractivity contribution is 5.81. The molecule has 0 radical (unpaired) electrons. The summed E-state index contributed by atoms with van der Waals surface area (Å²) in [6.45, 7) is 3.75. The number of nitrogens with zero attached hydrogens (tertiary/aromatic N) is 1. The van der Waals surface area contributed by atoms with Gasteiger partial charge in [-0.05, 0) is 18.4 Å². The van der Waals surface area contributed by atoms with Crippen molar-refractivity contribution in [2.24, 2.45) is 0 Å². The molecule has 1 unspecified atom stereocenters. The molecule has 0 saturated carbocycles. The lowest BCUT2D eigenvalue weighted by atomic mass is 9.74. The number of non-ortho nitro benzene ring substituents is 1. The molecule has 5 heteroatoms. The molecule has 0 aliphatic carbocycles. The zero-order valence-electron chi connectivity index (χ0n) is 10.5. The summed E-state index contributed by atoms with van der Waals surface area (Å²) in [5.74, 6) is -0.874. The van der Waals surface area contributed by atoms with Crippen molar-refractivity contribution in [2.75, 3.05) is 0 Å². The van der Waals surface area contributed by atoms with Crippen LogP contribution in [0.2, 0.25) is 0 Å².